The van der Waals surface area contributed by atoms with Gasteiger partial charge in [-0.2, -0.15) is 0 Å². The van der Waals surface area contributed by atoms with E-state index in [9.17, 15) is 18.4 Å². The number of carboxylic acid groups (broad SMARTS) is 1. The van der Waals surface area contributed by atoms with E-state index in [0.717, 1.165) is 70.5 Å². The Hall–Kier alpha value is -5.16. The van der Waals surface area contributed by atoms with Gasteiger partial charge >= 0.3 is 5.97 Å². The lowest BCUT2D eigenvalue weighted by Crippen LogP contribution is -2.28. The van der Waals surface area contributed by atoms with Crippen LogP contribution in [0.2, 0.25) is 10.0 Å². The molecule has 4 unspecified atom stereocenters. The number of carbonyl (C=O) groups is 2. The molecule has 0 amide bonds. The van der Waals surface area contributed by atoms with E-state index in [2.05, 4.69) is 19.8 Å². The molecule has 2 saturated carbocycles. The van der Waals surface area contributed by atoms with Gasteiger partial charge in [-0.1, -0.05) is 47.5 Å². The summed E-state index contributed by atoms with van der Waals surface area (Å²) >= 11 is 11.5. The fourth-order valence-electron chi connectivity index (χ4n) is 8.62. The fourth-order valence-corrected chi connectivity index (χ4v) is 8.87. The molecule has 57 heavy (non-hydrogen) atoms. The first-order valence-corrected chi connectivity index (χ1v) is 19.8. The number of piperidine rings is 2. The summed E-state index contributed by atoms with van der Waals surface area (Å²) < 4.78 is 27.1. The summed E-state index contributed by atoms with van der Waals surface area (Å²) in [5.41, 5.74) is 11.5. The van der Waals surface area contributed by atoms with Crippen molar-refractivity contribution in [2.24, 2.45) is 35.3 Å². The van der Waals surface area contributed by atoms with Gasteiger partial charge in [-0.05, 0) is 114 Å². The average molecular weight is 809 g/mol. The van der Waals surface area contributed by atoms with Crippen molar-refractivity contribution in [2.45, 2.75) is 25.3 Å². The predicted molar refractivity (Wildman–Crippen MR) is 221 cm³/mol. The van der Waals surface area contributed by atoms with Gasteiger partial charge < -0.3 is 20.6 Å². The molecule has 0 radical (unpaired) electrons. The van der Waals surface area contributed by atoms with Gasteiger partial charge in [0.05, 0.1) is 17.5 Å². The monoisotopic (exact) mass is 807 g/mol. The number of carbonyl (C=O) groups excluding carboxylic acids is 1. The molecule has 4 heterocycles. The molecule has 2 aliphatic heterocycles. The summed E-state index contributed by atoms with van der Waals surface area (Å²) in [5.74, 6) is 1.88. The Kier molecular flexibility index (Phi) is 11.1. The highest BCUT2D eigenvalue weighted by molar-refractivity contribution is 6.30. The van der Waals surface area contributed by atoms with Crippen molar-refractivity contribution in [1.82, 2.24) is 9.97 Å². The highest BCUT2D eigenvalue weighted by Gasteiger charge is 2.56. The number of nitrogens with zero attached hydrogens (tertiary/aromatic N) is 4. The van der Waals surface area contributed by atoms with Crippen LogP contribution < -0.4 is 15.5 Å². The van der Waals surface area contributed by atoms with E-state index in [-0.39, 0.29) is 18.1 Å². The summed E-state index contributed by atoms with van der Waals surface area (Å²) in [6.07, 6.45) is 4.76. The van der Waals surface area contributed by atoms with Crippen molar-refractivity contribution in [3.05, 3.63) is 142 Å². The maximum absolute atomic E-state index is 13.7. The topological polar surface area (TPSA) is 113 Å². The molecule has 10 rings (SSSR count). The van der Waals surface area contributed by atoms with Crippen LogP contribution in [0.5, 0.6) is 0 Å². The lowest BCUT2D eigenvalue weighted by molar-refractivity contribution is -0.136. The van der Waals surface area contributed by atoms with Crippen molar-refractivity contribution < 1.29 is 23.5 Å². The molecule has 4 aliphatic rings. The molecular formula is C45H41Cl2F2N5O3. The number of aliphatic carboxylic acids is 1. The minimum Gasteiger partial charge on any atom is -0.481 e. The van der Waals surface area contributed by atoms with Crippen LogP contribution >= 0.6 is 23.2 Å². The summed E-state index contributed by atoms with van der Waals surface area (Å²) in [7, 11) is 0. The van der Waals surface area contributed by atoms with E-state index in [4.69, 9.17) is 34.0 Å². The molecule has 0 bridgehead atoms. The lowest BCUT2D eigenvalue weighted by Gasteiger charge is -2.23. The van der Waals surface area contributed by atoms with E-state index in [0.29, 0.717) is 64.3 Å². The molecule has 2 aliphatic carbocycles. The van der Waals surface area contributed by atoms with Crippen LogP contribution in [0.3, 0.4) is 0 Å². The van der Waals surface area contributed by atoms with Crippen molar-refractivity contribution in [2.75, 3.05) is 36.0 Å². The molecule has 6 aromatic rings. The zero-order valence-electron chi connectivity index (χ0n) is 30.9. The summed E-state index contributed by atoms with van der Waals surface area (Å²) in [6, 6.07) is 28.1. The minimum atomic E-state index is -0.827. The average Bonchev–Trinajstić information content (AvgIpc) is 3.77. The molecule has 8 nitrogen and oxygen atoms in total. The van der Waals surface area contributed by atoms with Crippen LogP contribution in [0.15, 0.2) is 109 Å². The molecular weight excluding hydrogens is 767 g/mol. The van der Waals surface area contributed by atoms with E-state index in [1.54, 1.807) is 60.9 Å². The Balaban J connectivity index is 0.000000134. The number of rotatable bonds is 8. The SMILES string of the molecule is NC1C2CN(c3ccnc4ccc(F)cc34)CC12.O=C(Cc1ccc(Cl)cc1)CC1C2CN(c3ccnc4ccc(F)cc34)CC12.O=C(O)Cc1ccc(Cl)cc1. The number of anilines is 2. The van der Waals surface area contributed by atoms with Crippen molar-refractivity contribution in [3.8, 4) is 0 Å². The summed E-state index contributed by atoms with van der Waals surface area (Å²) in [6.45, 7) is 3.83. The second kappa shape index (κ2) is 16.4. The number of benzene rings is 4. The Morgan fingerprint density at radius 1 is 0.649 bits per heavy atom. The molecule has 3 N–H and O–H groups in total. The highest BCUT2D eigenvalue weighted by Crippen LogP contribution is 2.55. The predicted octanol–water partition coefficient (Wildman–Crippen LogP) is 8.65. The first-order valence-electron chi connectivity index (χ1n) is 19.1. The summed E-state index contributed by atoms with van der Waals surface area (Å²) in [5, 5.41) is 11.5. The minimum absolute atomic E-state index is 0.0527. The molecule has 4 fully saturated rings. The van der Waals surface area contributed by atoms with Gasteiger partial charge in [-0.25, -0.2) is 8.78 Å². The maximum atomic E-state index is 13.7. The van der Waals surface area contributed by atoms with E-state index in [1.165, 1.54) is 12.1 Å². The highest BCUT2D eigenvalue weighted by atomic mass is 35.5. The Morgan fingerprint density at radius 2 is 1.09 bits per heavy atom. The van der Waals surface area contributed by atoms with E-state index < -0.39 is 5.97 Å². The van der Waals surface area contributed by atoms with Crippen LogP contribution in [-0.4, -0.2) is 59.0 Å². The normalized spacial score (nSPS) is 22.5. The number of carboxylic acids is 1. The standard InChI is InChI=1S/C23H20ClFN2O.C14H14FN3.C8H7ClO2/c24-15-3-1-14(2-4-15)9-17(28)11-18-20-12-27(13-21(18)20)23-7-8-26-22-6-5-16(25)10-19(22)23;15-8-1-2-12-9(5-8)13(3-4-17-12)18-6-10-11(7-18)14(10)16;9-7-3-1-6(2-4-7)5-8(10)11/h1-8,10,18,20-21H,9,11-13H2;1-5,10-11,14H,6-7,16H2;1-4H,5H2,(H,10,11). The molecule has 0 spiro atoms. The second-order valence-corrected chi connectivity index (χ2v) is 16.3. The van der Waals surface area contributed by atoms with E-state index in [1.807, 2.05) is 36.4 Å². The number of nitrogens with two attached hydrogens (primary N) is 1. The Labute approximate surface area is 339 Å². The van der Waals surface area contributed by atoms with Gasteiger partial charge in [0.1, 0.15) is 17.4 Å². The quantitative estimate of drug-likeness (QED) is 0.157. The summed E-state index contributed by atoms with van der Waals surface area (Å²) in [4.78, 5) is 35.9. The van der Waals surface area contributed by atoms with Gasteiger partial charge in [-0.3, -0.25) is 19.6 Å². The Morgan fingerprint density at radius 3 is 1.54 bits per heavy atom. The number of halogens is 4. The number of pyridine rings is 2. The van der Waals surface area contributed by atoms with Crippen molar-refractivity contribution >= 4 is 68.1 Å². The molecule has 12 heteroatoms. The number of aromatic nitrogens is 2. The van der Waals surface area contributed by atoms with Crippen LogP contribution in [0, 0.1) is 41.2 Å². The van der Waals surface area contributed by atoms with Crippen LogP contribution in [0.25, 0.3) is 21.8 Å². The third-order valence-corrected chi connectivity index (χ3v) is 12.2. The Bertz CT molecular complexity index is 2410. The molecule has 2 aromatic heterocycles. The third-order valence-electron chi connectivity index (χ3n) is 11.7. The smallest absolute Gasteiger partial charge is 0.307 e. The van der Waals surface area contributed by atoms with Gasteiger partial charge in [0.15, 0.2) is 0 Å². The van der Waals surface area contributed by atoms with E-state index >= 15 is 0 Å². The number of fused-ring (bicyclic) bond motifs is 4. The molecule has 2 saturated heterocycles. The molecule has 4 aromatic carbocycles. The second-order valence-electron chi connectivity index (χ2n) is 15.4. The fraction of sp³-hybridized carbons (Fsp3) is 0.289. The third kappa shape index (κ3) is 8.88. The van der Waals surface area contributed by atoms with Crippen LogP contribution in [0.1, 0.15) is 17.5 Å². The number of ketones is 1. The molecule has 292 valence electrons. The maximum Gasteiger partial charge on any atom is 0.307 e. The van der Waals surface area contributed by atoms with Gasteiger partial charge in [0, 0.05) is 89.6 Å². The van der Waals surface area contributed by atoms with Crippen LogP contribution in [0.4, 0.5) is 20.2 Å². The number of hydrogen-bond donors (Lipinski definition) is 2. The van der Waals surface area contributed by atoms with Gasteiger partial charge in [0.2, 0.25) is 0 Å². The van der Waals surface area contributed by atoms with Crippen LogP contribution in [-0.2, 0) is 22.4 Å². The van der Waals surface area contributed by atoms with Gasteiger partial charge in [0.25, 0.3) is 0 Å². The lowest BCUT2D eigenvalue weighted by atomic mass is 10.0. The molecule has 4 atom stereocenters. The zero-order valence-corrected chi connectivity index (χ0v) is 32.5. The first-order chi connectivity index (χ1) is 27.5. The number of hydrogen-bond acceptors (Lipinski definition) is 7. The first kappa shape index (κ1) is 38.7. The zero-order chi connectivity index (χ0) is 39.8. The van der Waals surface area contributed by atoms with Gasteiger partial charge in [-0.15, -0.1) is 0 Å². The number of Topliss-reactive ketones (excluding diaryl/α,β-unsaturated/α-hetero) is 1. The largest absolute Gasteiger partial charge is 0.481 e. The van der Waals surface area contributed by atoms with Crippen molar-refractivity contribution in [1.29, 1.82) is 0 Å². The van der Waals surface area contributed by atoms with Crippen molar-refractivity contribution in [3.63, 3.8) is 0 Å².